The molecule has 1 fully saturated rings. The normalized spacial score (nSPS) is 17.0. The Morgan fingerprint density at radius 2 is 1.15 bits per heavy atom. The minimum absolute atomic E-state index is 0.141. The predicted octanol–water partition coefficient (Wildman–Crippen LogP) is 4.94. The largest absolute Gasteiger partial charge is 0.330 e. The molecule has 0 aliphatic carbocycles. The van der Waals surface area contributed by atoms with Gasteiger partial charge < -0.3 is 10.6 Å². The molecule has 3 aromatic carbocycles. The highest BCUT2D eigenvalue weighted by molar-refractivity contribution is 5.70. The van der Waals surface area contributed by atoms with Gasteiger partial charge in [-0.2, -0.15) is 0 Å². The number of hydrogen-bond donors (Lipinski definition) is 1. The summed E-state index contributed by atoms with van der Waals surface area (Å²) >= 11 is 0. The summed E-state index contributed by atoms with van der Waals surface area (Å²) in [5, 5.41) is 0. The molecule has 1 aliphatic rings. The van der Waals surface area contributed by atoms with Crippen LogP contribution in [0.25, 0.3) is 22.3 Å². The minimum atomic E-state index is 0.141. The number of nitrogens with zero attached hydrogens (tertiary/aromatic N) is 1. The molecule has 1 aliphatic heterocycles. The van der Waals surface area contributed by atoms with Crippen molar-refractivity contribution in [2.24, 2.45) is 5.73 Å². The lowest BCUT2D eigenvalue weighted by molar-refractivity contribution is 0.191. The summed E-state index contributed by atoms with van der Waals surface area (Å²) in [5.74, 6) is 0. The van der Waals surface area contributed by atoms with Gasteiger partial charge in [0.15, 0.2) is 0 Å². The summed E-state index contributed by atoms with van der Waals surface area (Å²) in [4.78, 5) is 2.40. The molecule has 3 aromatic rings. The zero-order valence-electron chi connectivity index (χ0n) is 16.1. The molecule has 1 saturated heterocycles. The monoisotopic (exact) mass is 356 g/mol. The molecule has 138 valence electrons. The van der Waals surface area contributed by atoms with Crippen LogP contribution in [-0.2, 0) is 5.41 Å². The van der Waals surface area contributed by atoms with Crippen LogP contribution in [0.4, 0.5) is 0 Å². The van der Waals surface area contributed by atoms with Gasteiger partial charge in [0.2, 0.25) is 0 Å². The van der Waals surface area contributed by atoms with E-state index in [9.17, 15) is 0 Å². The van der Waals surface area contributed by atoms with Crippen molar-refractivity contribution in [3.05, 3.63) is 84.4 Å². The van der Waals surface area contributed by atoms with E-state index in [1.807, 2.05) is 0 Å². The van der Waals surface area contributed by atoms with E-state index in [0.29, 0.717) is 0 Å². The van der Waals surface area contributed by atoms with Gasteiger partial charge in [0.25, 0.3) is 0 Å². The maximum Gasteiger partial charge on any atom is 0.00998 e. The fourth-order valence-corrected chi connectivity index (χ4v) is 4.16. The fourth-order valence-electron chi connectivity index (χ4n) is 4.16. The van der Waals surface area contributed by atoms with Crippen molar-refractivity contribution >= 4 is 0 Å². The van der Waals surface area contributed by atoms with Crippen LogP contribution in [0.15, 0.2) is 78.9 Å². The third kappa shape index (κ3) is 3.69. The van der Waals surface area contributed by atoms with Crippen molar-refractivity contribution in [3.63, 3.8) is 0 Å². The first-order chi connectivity index (χ1) is 13.2. The lowest BCUT2D eigenvalue weighted by Gasteiger charge is -2.40. The summed E-state index contributed by atoms with van der Waals surface area (Å²) in [6.07, 6.45) is 2.29. The Balaban J connectivity index is 1.55. The molecule has 0 radical (unpaired) electrons. The molecule has 2 nitrogen and oxygen atoms in total. The van der Waals surface area contributed by atoms with Gasteiger partial charge in [-0.15, -0.1) is 0 Å². The van der Waals surface area contributed by atoms with E-state index in [4.69, 9.17) is 5.73 Å². The SMILES string of the molecule is CN1CCC(CN)(c2ccc(-c3ccc(-c4ccccc4)cc3)cc2)CC1. The van der Waals surface area contributed by atoms with Crippen molar-refractivity contribution in [2.75, 3.05) is 26.7 Å². The van der Waals surface area contributed by atoms with Crippen LogP contribution < -0.4 is 5.73 Å². The zero-order valence-corrected chi connectivity index (χ0v) is 16.1. The van der Waals surface area contributed by atoms with Gasteiger partial charge in [0, 0.05) is 12.0 Å². The van der Waals surface area contributed by atoms with Crippen LogP contribution in [0.3, 0.4) is 0 Å². The molecule has 0 saturated carbocycles. The third-order valence-corrected chi connectivity index (χ3v) is 6.16. The van der Waals surface area contributed by atoms with E-state index in [1.54, 1.807) is 0 Å². The van der Waals surface area contributed by atoms with E-state index >= 15 is 0 Å². The Kier molecular flexibility index (Phi) is 5.11. The molecular weight excluding hydrogens is 328 g/mol. The van der Waals surface area contributed by atoms with Crippen molar-refractivity contribution < 1.29 is 0 Å². The van der Waals surface area contributed by atoms with Crippen molar-refractivity contribution in [3.8, 4) is 22.3 Å². The molecule has 0 unspecified atom stereocenters. The van der Waals surface area contributed by atoms with E-state index in [0.717, 1.165) is 32.5 Å². The molecule has 0 atom stereocenters. The first kappa shape index (κ1) is 18.0. The van der Waals surface area contributed by atoms with Gasteiger partial charge >= 0.3 is 0 Å². The maximum atomic E-state index is 6.22. The van der Waals surface area contributed by atoms with Gasteiger partial charge in [-0.25, -0.2) is 0 Å². The average Bonchev–Trinajstić information content (AvgIpc) is 2.76. The molecule has 27 heavy (non-hydrogen) atoms. The number of benzene rings is 3. The molecule has 4 rings (SSSR count). The van der Waals surface area contributed by atoms with Crippen molar-refractivity contribution in [2.45, 2.75) is 18.3 Å². The summed E-state index contributed by atoms with van der Waals surface area (Å²) in [5.41, 5.74) is 12.8. The lowest BCUT2D eigenvalue weighted by atomic mass is 9.72. The molecule has 0 spiro atoms. The van der Waals surface area contributed by atoms with E-state index < -0.39 is 0 Å². The highest BCUT2D eigenvalue weighted by Crippen LogP contribution is 2.35. The first-order valence-corrected chi connectivity index (χ1v) is 9.85. The number of piperidine rings is 1. The predicted molar refractivity (Wildman–Crippen MR) is 115 cm³/mol. The van der Waals surface area contributed by atoms with Gasteiger partial charge in [-0.3, -0.25) is 0 Å². The highest BCUT2D eigenvalue weighted by Gasteiger charge is 2.33. The molecule has 0 amide bonds. The van der Waals surface area contributed by atoms with Crippen LogP contribution >= 0.6 is 0 Å². The van der Waals surface area contributed by atoms with Gasteiger partial charge in [0.1, 0.15) is 0 Å². The molecular formula is C25H28N2. The van der Waals surface area contributed by atoms with Crippen LogP contribution in [0.1, 0.15) is 18.4 Å². The summed E-state index contributed by atoms with van der Waals surface area (Å²) < 4.78 is 0. The quantitative estimate of drug-likeness (QED) is 0.717. The number of rotatable bonds is 4. The molecule has 1 heterocycles. The van der Waals surface area contributed by atoms with Crippen LogP contribution in [0, 0.1) is 0 Å². The van der Waals surface area contributed by atoms with Gasteiger partial charge in [0.05, 0.1) is 0 Å². The van der Waals surface area contributed by atoms with Crippen LogP contribution in [0.5, 0.6) is 0 Å². The Bertz CT molecular complexity index is 858. The average molecular weight is 357 g/mol. The first-order valence-electron chi connectivity index (χ1n) is 9.85. The van der Waals surface area contributed by atoms with Crippen molar-refractivity contribution in [1.29, 1.82) is 0 Å². The lowest BCUT2D eigenvalue weighted by Crippen LogP contribution is -2.45. The Morgan fingerprint density at radius 3 is 1.63 bits per heavy atom. The van der Waals surface area contributed by atoms with Crippen LogP contribution in [-0.4, -0.2) is 31.6 Å². The van der Waals surface area contributed by atoms with E-state index in [-0.39, 0.29) is 5.41 Å². The Morgan fingerprint density at radius 1 is 0.704 bits per heavy atom. The van der Waals surface area contributed by atoms with Gasteiger partial charge in [-0.05, 0) is 60.8 Å². The fraction of sp³-hybridized carbons (Fsp3) is 0.280. The Hall–Kier alpha value is -2.42. The highest BCUT2D eigenvalue weighted by atomic mass is 15.1. The van der Waals surface area contributed by atoms with E-state index in [2.05, 4.69) is 90.8 Å². The summed E-state index contributed by atoms with van der Waals surface area (Å²) in [6, 6.07) is 28.4. The number of hydrogen-bond acceptors (Lipinski definition) is 2. The minimum Gasteiger partial charge on any atom is -0.330 e. The standard InChI is InChI=1S/C25H28N2/c1-27-17-15-25(19-26,16-18-27)24-13-11-23(12-14-24)22-9-7-21(8-10-22)20-5-3-2-4-6-20/h2-14H,15-19,26H2,1H3. The number of nitrogens with two attached hydrogens (primary N) is 1. The number of likely N-dealkylation sites (tertiary alicyclic amines) is 1. The molecule has 2 heteroatoms. The third-order valence-electron chi connectivity index (χ3n) is 6.16. The topological polar surface area (TPSA) is 29.3 Å². The Labute approximate surface area is 162 Å². The van der Waals surface area contributed by atoms with Gasteiger partial charge in [-0.1, -0.05) is 78.9 Å². The molecule has 0 aromatic heterocycles. The second-order valence-electron chi connectivity index (χ2n) is 7.81. The maximum absolute atomic E-state index is 6.22. The second kappa shape index (κ2) is 7.67. The molecule has 2 N–H and O–H groups in total. The summed E-state index contributed by atoms with van der Waals surface area (Å²) in [7, 11) is 2.20. The second-order valence-corrected chi connectivity index (χ2v) is 7.81. The van der Waals surface area contributed by atoms with Crippen molar-refractivity contribution in [1.82, 2.24) is 4.90 Å². The van der Waals surface area contributed by atoms with E-state index in [1.165, 1.54) is 27.8 Å². The van der Waals surface area contributed by atoms with Crippen LogP contribution in [0.2, 0.25) is 0 Å². The zero-order chi connectivity index (χ0) is 18.7. The summed E-state index contributed by atoms with van der Waals surface area (Å²) in [6.45, 7) is 2.98. The molecule has 0 bridgehead atoms. The smallest absolute Gasteiger partial charge is 0.00998 e.